The molecule has 2 aliphatic heterocycles. The van der Waals surface area contributed by atoms with Crippen molar-refractivity contribution in [2.45, 2.75) is 56.6 Å². The summed E-state index contributed by atoms with van der Waals surface area (Å²) in [7, 11) is 0. The van der Waals surface area contributed by atoms with Gasteiger partial charge in [0.25, 0.3) is 18.2 Å². The monoisotopic (exact) mass is 563 g/mol. The minimum atomic E-state index is -4.60. The standard InChI is InChI=1S/C23H26F5N5O2S2/c1-11-5-4-6-33(11)21(34)17-18(37-20(31-17)22(35)32-9-13(10-32)36-3)15-8-29-16(7-14(15)19(24)25)30-12(2)23(26,27)28/h7-8,11-13,19H,4-6,9-10H2,1-3H3,(H,29,30). The number of thioether (sulfide) groups is 1. The molecule has 2 aromatic rings. The molecule has 1 N–H and O–H groups in total. The average molecular weight is 564 g/mol. The molecular weight excluding hydrogens is 537 g/mol. The molecule has 2 aromatic heterocycles. The third-order valence-electron chi connectivity index (χ3n) is 6.57. The van der Waals surface area contributed by atoms with Crippen LogP contribution in [0.5, 0.6) is 0 Å². The number of nitrogens with zero attached hydrogens (tertiary/aromatic N) is 4. The first-order chi connectivity index (χ1) is 17.4. The van der Waals surface area contributed by atoms with Gasteiger partial charge >= 0.3 is 6.18 Å². The Bertz CT molecular complexity index is 1170. The van der Waals surface area contributed by atoms with Crippen molar-refractivity contribution in [1.82, 2.24) is 19.8 Å². The number of nitrogens with one attached hydrogen (secondary N) is 1. The van der Waals surface area contributed by atoms with Gasteiger partial charge in [-0.1, -0.05) is 0 Å². The number of likely N-dealkylation sites (tertiary alicyclic amines) is 2. The predicted octanol–water partition coefficient (Wildman–Crippen LogP) is 5.32. The van der Waals surface area contributed by atoms with E-state index < -0.39 is 36.0 Å². The summed E-state index contributed by atoms with van der Waals surface area (Å²) in [5, 5.41) is 2.38. The number of carbonyl (C=O) groups is 2. The highest BCUT2D eigenvalue weighted by molar-refractivity contribution is 7.99. The van der Waals surface area contributed by atoms with Crippen molar-refractivity contribution in [2.75, 3.05) is 31.2 Å². The van der Waals surface area contributed by atoms with E-state index in [2.05, 4.69) is 15.3 Å². The molecule has 4 rings (SSSR count). The van der Waals surface area contributed by atoms with Crippen molar-refractivity contribution in [1.29, 1.82) is 0 Å². The van der Waals surface area contributed by atoms with Crippen LogP contribution in [0.15, 0.2) is 12.3 Å². The second-order valence-electron chi connectivity index (χ2n) is 9.12. The number of hydrogen-bond donors (Lipinski definition) is 1. The topological polar surface area (TPSA) is 78.4 Å². The van der Waals surface area contributed by atoms with Crippen LogP contribution in [-0.4, -0.2) is 81.0 Å². The molecule has 14 heteroatoms. The summed E-state index contributed by atoms with van der Waals surface area (Å²) >= 11 is 2.45. The third kappa shape index (κ3) is 5.69. The van der Waals surface area contributed by atoms with Crippen LogP contribution in [0, 0.1) is 0 Å². The zero-order chi connectivity index (χ0) is 27.1. The number of halogens is 5. The molecule has 0 bridgehead atoms. The van der Waals surface area contributed by atoms with Gasteiger partial charge in [-0.15, -0.1) is 11.3 Å². The molecule has 0 spiro atoms. The Kier molecular flexibility index (Phi) is 7.98. The van der Waals surface area contributed by atoms with Crippen molar-refractivity contribution < 1.29 is 31.5 Å². The van der Waals surface area contributed by atoms with Gasteiger partial charge in [0, 0.05) is 48.2 Å². The Morgan fingerprint density at radius 3 is 2.51 bits per heavy atom. The highest BCUT2D eigenvalue weighted by atomic mass is 32.2. The molecule has 202 valence electrons. The molecule has 0 aromatic carbocycles. The highest BCUT2D eigenvalue weighted by Crippen LogP contribution is 2.39. The van der Waals surface area contributed by atoms with Gasteiger partial charge in [-0.2, -0.15) is 24.9 Å². The first-order valence-electron chi connectivity index (χ1n) is 11.7. The van der Waals surface area contributed by atoms with Crippen LogP contribution in [0.3, 0.4) is 0 Å². The summed E-state index contributed by atoms with van der Waals surface area (Å²) in [5.41, 5.74) is -0.876. The molecule has 0 radical (unpaired) electrons. The first-order valence-corrected chi connectivity index (χ1v) is 13.8. The summed E-state index contributed by atoms with van der Waals surface area (Å²) in [6.45, 7) is 4.23. The molecule has 2 fully saturated rings. The SMILES string of the molecule is CSC1CN(C(=O)c2nc(C(=O)N3CCCC3C)c(-c3cnc(NC(C)C(F)(F)F)cc3C(F)F)s2)C1. The Morgan fingerprint density at radius 2 is 1.95 bits per heavy atom. The zero-order valence-electron chi connectivity index (χ0n) is 20.3. The molecule has 2 aliphatic rings. The summed E-state index contributed by atoms with van der Waals surface area (Å²) in [5.74, 6) is -1.25. The number of alkyl halides is 5. The van der Waals surface area contributed by atoms with E-state index in [1.54, 1.807) is 21.6 Å². The van der Waals surface area contributed by atoms with Crippen LogP contribution < -0.4 is 5.32 Å². The van der Waals surface area contributed by atoms with Crippen molar-refractivity contribution in [2.24, 2.45) is 0 Å². The fourth-order valence-electron chi connectivity index (χ4n) is 4.22. The smallest absolute Gasteiger partial charge is 0.359 e. The van der Waals surface area contributed by atoms with Crippen molar-refractivity contribution in [3.05, 3.63) is 28.5 Å². The highest BCUT2D eigenvalue weighted by Gasteiger charge is 2.38. The average Bonchev–Trinajstić information content (AvgIpc) is 3.44. The van der Waals surface area contributed by atoms with Crippen LogP contribution in [0.25, 0.3) is 10.4 Å². The van der Waals surface area contributed by atoms with E-state index in [1.807, 2.05) is 13.2 Å². The Hall–Kier alpha value is -2.48. The number of amides is 2. The van der Waals surface area contributed by atoms with E-state index in [0.717, 1.165) is 43.4 Å². The molecule has 2 saturated heterocycles. The summed E-state index contributed by atoms with van der Waals surface area (Å²) in [4.78, 5) is 37.9. The molecule has 2 unspecified atom stereocenters. The van der Waals surface area contributed by atoms with Gasteiger partial charge < -0.3 is 15.1 Å². The molecule has 0 aliphatic carbocycles. The normalized spacial score (nSPS) is 19.3. The second kappa shape index (κ2) is 10.7. The number of thiazole rings is 1. The fourth-order valence-corrected chi connectivity index (χ4v) is 5.94. The van der Waals surface area contributed by atoms with Gasteiger partial charge in [-0.25, -0.2) is 18.7 Å². The number of anilines is 1. The van der Waals surface area contributed by atoms with Gasteiger partial charge in [0.2, 0.25) is 0 Å². The molecule has 2 atom stereocenters. The molecule has 4 heterocycles. The summed E-state index contributed by atoms with van der Waals surface area (Å²) < 4.78 is 67.1. The quantitative estimate of drug-likeness (QED) is 0.460. The number of carbonyl (C=O) groups excluding carboxylic acids is 2. The maximum absolute atomic E-state index is 14.1. The van der Waals surface area contributed by atoms with Gasteiger partial charge in [-0.05, 0) is 39.0 Å². The molecule has 37 heavy (non-hydrogen) atoms. The molecular formula is C23H26F5N5O2S2. The Labute approximate surface area is 218 Å². The van der Waals surface area contributed by atoms with Crippen molar-refractivity contribution in [3.8, 4) is 10.4 Å². The lowest BCUT2D eigenvalue weighted by atomic mass is 10.1. The van der Waals surface area contributed by atoms with E-state index in [1.165, 1.54) is 0 Å². The molecule has 2 amide bonds. The molecule has 7 nitrogen and oxygen atoms in total. The summed E-state index contributed by atoms with van der Waals surface area (Å²) in [6, 6.07) is -1.25. The van der Waals surface area contributed by atoms with Crippen molar-refractivity contribution >= 4 is 40.7 Å². The lowest BCUT2D eigenvalue weighted by Crippen LogP contribution is -2.51. The second-order valence-corrected chi connectivity index (χ2v) is 11.3. The van der Waals surface area contributed by atoms with Crippen LogP contribution >= 0.6 is 23.1 Å². The first kappa shape index (κ1) is 27.6. The van der Waals surface area contributed by atoms with Gasteiger partial charge in [0.1, 0.15) is 17.6 Å². The number of rotatable bonds is 7. The Morgan fingerprint density at radius 1 is 1.24 bits per heavy atom. The van der Waals surface area contributed by atoms with E-state index in [-0.39, 0.29) is 33.0 Å². The minimum Gasteiger partial charge on any atom is -0.359 e. The van der Waals surface area contributed by atoms with E-state index in [4.69, 9.17) is 0 Å². The van der Waals surface area contributed by atoms with Gasteiger partial charge in [0.15, 0.2) is 5.01 Å². The number of hydrogen-bond acceptors (Lipinski definition) is 7. The summed E-state index contributed by atoms with van der Waals surface area (Å²) in [6.07, 6.45) is -3.17. The number of pyridine rings is 1. The van der Waals surface area contributed by atoms with Crippen LogP contribution in [0.1, 0.15) is 59.0 Å². The van der Waals surface area contributed by atoms with Crippen LogP contribution in [0.2, 0.25) is 0 Å². The van der Waals surface area contributed by atoms with E-state index >= 15 is 0 Å². The van der Waals surface area contributed by atoms with Crippen LogP contribution in [0.4, 0.5) is 27.8 Å². The lowest BCUT2D eigenvalue weighted by molar-refractivity contribution is -0.138. The lowest BCUT2D eigenvalue weighted by Gasteiger charge is -2.37. The van der Waals surface area contributed by atoms with Gasteiger partial charge in [-0.3, -0.25) is 9.59 Å². The van der Waals surface area contributed by atoms with E-state index in [9.17, 15) is 31.5 Å². The maximum atomic E-state index is 14.1. The Balaban J connectivity index is 1.75. The third-order valence-corrected chi connectivity index (χ3v) is 8.61. The minimum absolute atomic E-state index is 0.00198. The zero-order valence-corrected chi connectivity index (χ0v) is 21.9. The fraction of sp³-hybridized carbons (Fsp3) is 0.565. The maximum Gasteiger partial charge on any atom is 0.408 e. The van der Waals surface area contributed by atoms with Gasteiger partial charge in [0.05, 0.1) is 4.88 Å². The van der Waals surface area contributed by atoms with Crippen LogP contribution in [-0.2, 0) is 0 Å². The van der Waals surface area contributed by atoms with Crippen molar-refractivity contribution in [3.63, 3.8) is 0 Å². The van der Waals surface area contributed by atoms with E-state index in [0.29, 0.717) is 24.9 Å². The largest absolute Gasteiger partial charge is 0.408 e. The number of aromatic nitrogens is 2. The molecule has 0 saturated carbocycles. The predicted molar refractivity (Wildman–Crippen MR) is 132 cm³/mol.